The lowest BCUT2D eigenvalue weighted by atomic mass is 9.68. The first-order valence-electron chi connectivity index (χ1n) is 8.95. The molecule has 0 radical (unpaired) electrons. The molecule has 24 heavy (non-hydrogen) atoms. The summed E-state index contributed by atoms with van der Waals surface area (Å²) < 4.78 is 32.3. The zero-order valence-corrected chi connectivity index (χ0v) is 16.6. The number of rotatable bonds is 10. The third kappa shape index (κ3) is 5.57. The van der Waals surface area contributed by atoms with Crippen LogP contribution < -0.4 is 6.15 Å². The summed E-state index contributed by atoms with van der Waals surface area (Å²) in [4.78, 5) is 0.0168. The molecule has 5 heteroatoms. The van der Waals surface area contributed by atoms with E-state index in [-0.39, 0.29) is 16.5 Å². The van der Waals surface area contributed by atoms with Gasteiger partial charge in [-0.1, -0.05) is 59.4 Å². The molecule has 0 spiro atoms. The number of hydrogen-bond donors (Lipinski definition) is 2. The monoisotopic (exact) mass is 357 g/mol. The topological polar surface area (TPSA) is 89.4 Å². The molecule has 1 aromatic rings. The molecule has 0 heterocycles. The van der Waals surface area contributed by atoms with Gasteiger partial charge in [0, 0.05) is 0 Å². The van der Waals surface area contributed by atoms with Crippen molar-refractivity contribution in [3.63, 3.8) is 0 Å². The lowest BCUT2D eigenvalue weighted by Gasteiger charge is -2.36. The van der Waals surface area contributed by atoms with Gasteiger partial charge in [0.25, 0.3) is 10.1 Å². The van der Waals surface area contributed by atoms with Gasteiger partial charge in [0.15, 0.2) is 0 Å². The van der Waals surface area contributed by atoms with Crippen LogP contribution in [0, 0.1) is 0 Å². The van der Waals surface area contributed by atoms with E-state index < -0.39 is 10.1 Å². The minimum absolute atomic E-state index is 0. The summed E-state index contributed by atoms with van der Waals surface area (Å²) in [6.07, 6.45) is 8.52. The molecule has 1 rings (SSSR count). The Balaban J connectivity index is 0.00000529. The van der Waals surface area contributed by atoms with Crippen LogP contribution in [0.15, 0.2) is 23.1 Å². The Bertz CT molecular complexity index is 580. The van der Waals surface area contributed by atoms with Crippen molar-refractivity contribution in [2.24, 2.45) is 0 Å². The quantitative estimate of drug-likeness (QED) is 0.527. The van der Waals surface area contributed by atoms with Crippen molar-refractivity contribution < 1.29 is 13.0 Å². The predicted octanol–water partition coefficient (Wildman–Crippen LogP) is 5.69. The van der Waals surface area contributed by atoms with E-state index >= 15 is 0 Å². The highest BCUT2D eigenvalue weighted by Crippen LogP contribution is 2.41. The second kappa shape index (κ2) is 10.2. The van der Waals surface area contributed by atoms with E-state index in [1.807, 2.05) is 6.07 Å². The zero-order chi connectivity index (χ0) is 17.5. The Morgan fingerprint density at radius 3 is 1.79 bits per heavy atom. The van der Waals surface area contributed by atoms with Crippen LogP contribution >= 0.6 is 0 Å². The van der Waals surface area contributed by atoms with Crippen LogP contribution in [0.3, 0.4) is 0 Å². The van der Waals surface area contributed by atoms with E-state index in [2.05, 4.69) is 27.7 Å². The summed E-state index contributed by atoms with van der Waals surface area (Å²) in [5, 5.41) is 0. The smallest absolute Gasteiger partial charge is 0.294 e. The fourth-order valence-electron chi connectivity index (χ4n) is 3.94. The third-order valence-electron chi connectivity index (χ3n) is 4.65. The van der Waals surface area contributed by atoms with Gasteiger partial charge >= 0.3 is 0 Å². The molecule has 0 aromatic heterocycles. The normalized spacial score (nSPS) is 12.0. The Morgan fingerprint density at radius 2 is 1.42 bits per heavy atom. The van der Waals surface area contributed by atoms with Gasteiger partial charge < -0.3 is 6.15 Å². The van der Waals surface area contributed by atoms with Gasteiger partial charge in [-0.3, -0.25) is 4.55 Å². The predicted molar refractivity (Wildman–Crippen MR) is 102 cm³/mol. The Morgan fingerprint density at radius 1 is 0.917 bits per heavy atom. The first-order valence-corrected chi connectivity index (χ1v) is 10.4. The van der Waals surface area contributed by atoms with Crippen molar-refractivity contribution in [3.05, 3.63) is 29.3 Å². The maximum Gasteiger partial charge on any atom is 0.294 e. The number of aryl methyl sites for hydroxylation is 1. The minimum atomic E-state index is -4.14. The van der Waals surface area contributed by atoms with Crippen LogP contribution in [-0.4, -0.2) is 13.0 Å². The van der Waals surface area contributed by atoms with Crippen molar-refractivity contribution in [1.82, 2.24) is 6.15 Å². The minimum Gasteiger partial charge on any atom is -0.344 e. The average Bonchev–Trinajstić information content (AvgIpc) is 2.47. The molecule has 140 valence electrons. The van der Waals surface area contributed by atoms with Crippen molar-refractivity contribution >= 4 is 10.1 Å². The fourth-order valence-corrected chi connectivity index (χ4v) is 4.47. The third-order valence-corrected chi connectivity index (χ3v) is 5.50. The number of hydrogen-bond acceptors (Lipinski definition) is 3. The summed E-state index contributed by atoms with van der Waals surface area (Å²) in [5.74, 6) is 0. The lowest BCUT2D eigenvalue weighted by molar-refractivity contribution is 0.324. The van der Waals surface area contributed by atoms with Gasteiger partial charge in [0.05, 0.1) is 4.90 Å². The standard InChI is InChI=1S/C19H32O3S.H3N/c1-5-9-16-15-17(23(20,21)22)10-11-18(16)19(12-6-2,13-7-3)14-8-4;/h10-11,15H,5-9,12-14H2,1-4H3,(H,20,21,22);1H3. The van der Waals surface area contributed by atoms with Gasteiger partial charge in [-0.2, -0.15) is 8.42 Å². The fraction of sp³-hybridized carbons (Fsp3) is 0.684. The second-order valence-corrected chi connectivity index (χ2v) is 8.00. The van der Waals surface area contributed by atoms with E-state index in [0.29, 0.717) is 0 Å². The SMILES string of the molecule is CCCc1cc(S(=O)(=O)O)ccc1C(CCC)(CCC)CCC.N. The van der Waals surface area contributed by atoms with Gasteiger partial charge in [-0.15, -0.1) is 0 Å². The average molecular weight is 358 g/mol. The van der Waals surface area contributed by atoms with Crippen molar-refractivity contribution in [3.8, 4) is 0 Å². The van der Waals surface area contributed by atoms with E-state index in [1.54, 1.807) is 12.1 Å². The Hall–Kier alpha value is -0.910. The Kier molecular flexibility index (Phi) is 9.78. The van der Waals surface area contributed by atoms with E-state index in [4.69, 9.17) is 0 Å². The summed E-state index contributed by atoms with van der Waals surface area (Å²) in [7, 11) is -4.14. The van der Waals surface area contributed by atoms with Crippen molar-refractivity contribution in [1.29, 1.82) is 0 Å². The molecule has 0 aliphatic carbocycles. The van der Waals surface area contributed by atoms with Crippen molar-refractivity contribution in [2.45, 2.75) is 89.4 Å². The van der Waals surface area contributed by atoms with E-state index in [0.717, 1.165) is 56.9 Å². The molecule has 0 fully saturated rings. The van der Waals surface area contributed by atoms with E-state index in [9.17, 15) is 13.0 Å². The molecular weight excluding hydrogens is 322 g/mol. The first kappa shape index (κ1) is 23.1. The largest absolute Gasteiger partial charge is 0.344 e. The Labute approximate surface area is 148 Å². The van der Waals surface area contributed by atoms with Crippen LogP contribution in [-0.2, 0) is 22.0 Å². The highest BCUT2D eigenvalue weighted by Gasteiger charge is 2.32. The van der Waals surface area contributed by atoms with Gasteiger partial charge in [0.2, 0.25) is 0 Å². The van der Waals surface area contributed by atoms with Crippen LogP contribution in [0.25, 0.3) is 0 Å². The van der Waals surface area contributed by atoms with Crippen LogP contribution in [0.4, 0.5) is 0 Å². The molecule has 0 atom stereocenters. The molecule has 0 bridgehead atoms. The van der Waals surface area contributed by atoms with Crippen molar-refractivity contribution in [2.75, 3.05) is 0 Å². The molecule has 0 saturated heterocycles. The van der Waals surface area contributed by atoms with Gasteiger partial charge in [0.1, 0.15) is 0 Å². The lowest BCUT2D eigenvalue weighted by Crippen LogP contribution is -2.27. The summed E-state index contributed by atoms with van der Waals surface area (Å²) in [5.41, 5.74) is 2.50. The molecule has 0 saturated carbocycles. The molecule has 0 unspecified atom stereocenters. The van der Waals surface area contributed by atoms with Gasteiger partial charge in [-0.25, -0.2) is 0 Å². The zero-order valence-electron chi connectivity index (χ0n) is 15.8. The molecule has 1 aromatic carbocycles. The molecular formula is C19H35NO3S. The summed E-state index contributed by atoms with van der Waals surface area (Å²) in [6, 6.07) is 5.21. The van der Waals surface area contributed by atoms with Crippen LogP contribution in [0.1, 0.15) is 83.8 Å². The maximum atomic E-state index is 11.5. The first-order chi connectivity index (χ1) is 10.8. The molecule has 0 amide bonds. The highest BCUT2D eigenvalue weighted by molar-refractivity contribution is 7.85. The molecule has 0 aliphatic heterocycles. The van der Waals surface area contributed by atoms with Gasteiger partial charge in [-0.05, 0) is 54.4 Å². The molecule has 4 N–H and O–H groups in total. The molecule has 0 aliphatic rings. The van der Waals surface area contributed by atoms with Crippen LogP contribution in [0.2, 0.25) is 0 Å². The maximum absolute atomic E-state index is 11.5. The highest BCUT2D eigenvalue weighted by atomic mass is 32.2. The second-order valence-electron chi connectivity index (χ2n) is 6.57. The molecule has 4 nitrogen and oxygen atoms in total. The van der Waals surface area contributed by atoms with E-state index in [1.165, 1.54) is 5.56 Å². The summed E-state index contributed by atoms with van der Waals surface area (Å²) >= 11 is 0. The number of benzene rings is 1. The summed E-state index contributed by atoms with van der Waals surface area (Å²) in [6.45, 7) is 8.75. The van der Waals surface area contributed by atoms with Crippen LogP contribution in [0.5, 0.6) is 0 Å².